The fourth-order valence-corrected chi connectivity index (χ4v) is 1.81. The molecule has 1 heterocycles. The van der Waals surface area contributed by atoms with Crippen LogP contribution >= 0.6 is 0 Å². The minimum atomic E-state index is 0.395. The molecule has 17 heavy (non-hydrogen) atoms. The number of aromatic nitrogens is 1. The molecule has 0 unspecified atom stereocenters. The Morgan fingerprint density at radius 3 is 2.00 bits per heavy atom. The molecule has 0 spiro atoms. The second-order valence-electron chi connectivity index (χ2n) is 3.40. The molecule has 0 bridgehead atoms. The fraction of sp³-hybridized carbons (Fsp3) is 0.250. The zero-order valence-corrected chi connectivity index (χ0v) is 9.89. The Morgan fingerprint density at radius 1 is 0.882 bits per heavy atom. The molecule has 0 aliphatic rings. The second-order valence-corrected chi connectivity index (χ2v) is 3.40. The minimum absolute atomic E-state index is 0.395. The molecule has 0 aliphatic heterocycles. The molecule has 0 fully saturated rings. The van der Waals surface area contributed by atoms with Crippen LogP contribution in [-0.2, 0) is 0 Å². The van der Waals surface area contributed by atoms with Crippen LogP contribution in [0.25, 0.3) is 10.9 Å². The first-order valence-electron chi connectivity index (χ1n) is 5.03. The van der Waals surface area contributed by atoms with Crippen molar-refractivity contribution in [3.8, 4) is 17.2 Å². The Balaban J connectivity index is 2.93. The zero-order chi connectivity index (χ0) is 12.4. The summed E-state index contributed by atoms with van der Waals surface area (Å²) in [6, 6.07) is 5.02. The Labute approximate surface area is 98.7 Å². The van der Waals surface area contributed by atoms with E-state index in [9.17, 15) is 5.21 Å². The molecule has 1 aromatic carbocycles. The number of fused-ring (bicyclic) bond motifs is 1. The van der Waals surface area contributed by atoms with Crippen LogP contribution < -0.4 is 18.9 Å². The predicted molar refractivity (Wildman–Crippen MR) is 62.6 cm³/mol. The molecule has 0 N–H and O–H groups in total. The molecule has 0 saturated carbocycles. The maximum atomic E-state index is 11.8. The summed E-state index contributed by atoms with van der Waals surface area (Å²) in [4.78, 5) is 0. The highest BCUT2D eigenvalue weighted by atomic mass is 16.5. The van der Waals surface area contributed by atoms with E-state index in [1.165, 1.54) is 13.3 Å². The van der Waals surface area contributed by atoms with E-state index in [4.69, 9.17) is 14.2 Å². The average molecular weight is 235 g/mol. The van der Waals surface area contributed by atoms with E-state index in [-0.39, 0.29) is 0 Å². The van der Waals surface area contributed by atoms with Gasteiger partial charge >= 0.3 is 0 Å². The fourth-order valence-electron chi connectivity index (χ4n) is 1.81. The summed E-state index contributed by atoms with van der Waals surface area (Å²) in [5.74, 6) is 1.63. The number of benzene rings is 1. The van der Waals surface area contributed by atoms with Gasteiger partial charge in [-0.25, -0.2) is 0 Å². The number of rotatable bonds is 3. The summed E-state index contributed by atoms with van der Waals surface area (Å²) in [5.41, 5.74) is 0.395. The molecule has 5 nitrogen and oxygen atoms in total. The summed E-state index contributed by atoms with van der Waals surface area (Å²) in [5, 5.41) is 12.4. The molecule has 1 aromatic heterocycles. The van der Waals surface area contributed by atoms with Crippen LogP contribution in [0.4, 0.5) is 0 Å². The van der Waals surface area contributed by atoms with Gasteiger partial charge in [-0.3, -0.25) is 0 Å². The average Bonchev–Trinajstić information content (AvgIpc) is 2.38. The van der Waals surface area contributed by atoms with E-state index in [2.05, 4.69) is 0 Å². The minimum Gasteiger partial charge on any atom is -0.618 e. The molecule has 2 rings (SSSR count). The molecule has 0 amide bonds. The van der Waals surface area contributed by atoms with Gasteiger partial charge in [0.25, 0.3) is 5.52 Å². The Kier molecular flexibility index (Phi) is 2.91. The number of pyridine rings is 1. The van der Waals surface area contributed by atoms with Crippen LogP contribution in [0.2, 0.25) is 0 Å². The van der Waals surface area contributed by atoms with Crippen molar-refractivity contribution in [1.29, 1.82) is 0 Å². The van der Waals surface area contributed by atoms with Gasteiger partial charge in [0.2, 0.25) is 0 Å². The lowest BCUT2D eigenvalue weighted by Crippen LogP contribution is -2.26. The second kappa shape index (κ2) is 4.37. The maximum Gasteiger partial charge on any atom is 0.273 e. The Bertz CT molecular complexity index is 543. The molecule has 0 radical (unpaired) electrons. The van der Waals surface area contributed by atoms with Crippen LogP contribution in [0.15, 0.2) is 24.4 Å². The third-order valence-electron chi connectivity index (χ3n) is 2.59. The molecule has 0 aliphatic carbocycles. The predicted octanol–water partition coefficient (Wildman–Crippen LogP) is 1.50. The number of methoxy groups -OCH3 is 3. The van der Waals surface area contributed by atoms with Gasteiger partial charge in [0.1, 0.15) is 16.9 Å². The number of nitrogens with zero attached hydrogens (tertiary/aromatic N) is 1. The van der Waals surface area contributed by atoms with Gasteiger partial charge in [0.15, 0.2) is 11.9 Å². The number of ether oxygens (including phenoxy) is 3. The van der Waals surface area contributed by atoms with Crippen molar-refractivity contribution in [2.45, 2.75) is 0 Å². The lowest BCUT2D eigenvalue weighted by molar-refractivity contribution is -0.577. The summed E-state index contributed by atoms with van der Waals surface area (Å²) in [6.45, 7) is 0. The summed E-state index contributed by atoms with van der Waals surface area (Å²) >= 11 is 0. The van der Waals surface area contributed by atoms with Gasteiger partial charge in [-0.2, -0.15) is 4.73 Å². The van der Waals surface area contributed by atoms with Gasteiger partial charge in [0, 0.05) is 6.07 Å². The number of hydrogen-bond donors (Lipinski definition) is 0. The maximum absolute atomic E-state index is 11.8. The van der Waals surface area contributed by atoms with Crippen LogP contribution in [0.5, 0.6) is 17.2 Å². The Morgan fingerprint density at radius 2 is 1.41 bits per heavy atom. The standard InChI is InChI=1S/C12H13NO4/c1-15-8-4-5-10(17-3)12-11(8)9(16-2)6-7-13(12)14/h4-7H,1-3H3. The van der Waals surface area contributed by atoms with E-state index in [0.717, 1.165) is 4.73 Å². The zero-order valence-electron chi connectivity index (χ0n) is 9.89. The normalized spacial score (nSPS) is 10.3. The van der Waals surface area contributed by atoms with Gasteiger partial charge < -0.3 is 19.4 Å². The first-order chi connectivity index (χ1) is 8.22. The van der Waals surface area contributed by atoms with Gasteiger partial charge in [-0.15, -0.1) is 0 Å². The van der Waals surface area contributed by atoms with Gasteiger partial charge in [-0.1, -0.05) is 0 Å². The highest BCUT2D eigenvalue weighted by Gasteiger charge is 2.19. The van der Waals surface area contributed by atoms with Crippen molar-refractivity contribution in [1.82, 2.24) is 0 Å². The monoisotopic (exact) mass is 235 g/mol. The highest BCUT2D eigenvalue weighted by molar-refractivity contribution is 5.92. The van der Waals surface area contributed by atoms with Crippen molar-refractivity contribution in [3.05, 3.63) is 29.6 Å². The van der Waals surface area contributed by atoms with Gasteiger partial charge in [-0.05, 0) is 12.1 Å². The largest absolute Gasteiger partial charge is 0.618 e. The van der Waals surface area contributed by atoms with E-state index in [1.807, 2.05) is 0 Å². The van der Waals surface area contributed by atoms with Crippen LogP contribution in [-0.4, -0.2) is 21.3 Å². The Hall–Kier alpha value is -2.17. The van der Waals surface area contributed by atoms with E-state index < -0.39 is 0 Å². The van der Waals surface area contributed by atoms with Gasteiger partial charge in [0.05, 0.1) is 21.3 Å². The van der Waals surface area contributed by atoms with Crippen molar-refractivity contribution >= 4 is 10.9 Å². The number of hydrogen-bond acceptors (Lipinski definition) is 4. The smallest absolute Gasteiger partial charge is 0.273 e. The molecule has 5 heteroatoms. The molecular weight excluding hydrogens is 222 g/mol. The lowest BCUT2D eigenvalue weighted by atomic mass is 10.1. The quantitative estimate of drug-likeness (QED) is 0.597. The van der Waals surface area contributed by atoms with Crippen LogP contribution in [0.1, 0.15) is 0 Å². The first-order valence-corrected chi connectivity index (χ1v) is 5.03. The summed E-state index contributed by atoms with van der Waals surface area (Å²) in [6.07, 6.45) is 1.38. The molecule has 0 saturated heterocycles. The van der Waals surface area contributed by atoms with E-state index >= 15 is 0 Å². The van der Waals surface area contributed by atoms with Crippen LogP contribution in [0.3, 0.4) is 0 Å². The van der Waals surface area contributed by atoms with Crippen molar-refractivity contribution < 1.29 is 18.9 Å². The molecule has 90 valence electrons. The highest BCUT2D eigenvalue weighted by Crippen LogP contribution is 2.36. The van der Waals surface area contributed by atoms with Crippen LogP contribution in [0, 0.1) is 5.21 Å². The van der Waals surface area contributed by atoms with E-state index in [0.29, 0.717) is 28.2 Å². The SMILES string of the molecule is COc1ccc(OC)c2c1c(OC)cc[n+]2[O-]. The van der Waals surface area contributed by atoms with Crippen molar-refractivity contribution in [2.24, 2.45) is 0 Å². The molecule has 2 aromatic rings. The summed E-state index contributed by atoms with van der Waals surface area (Å²) in [7, 11) is 4.60. The lowest BCUT2D eigenvalue weighted by Gasteiger charge is -2.12. The van der Waals surface area contributed by atoms with Crippen molar-refractivity contribution in [2.75, 3.05) is 21.3 Å². The first kappa shape index (κ1) is 11.3. The third-order valence-corrected chi connectivity index (χ3v) is 2.59. The molecule has 0 atom stereocenters. The van der Waals surface area contributed by atoms with E-state index in [1.54, 1.807) is 32.4 Å². The topological polar surface area (TPSA) is 54.6 Å². The van der Waals surface area contributed by atoms with Crippen molar-refractivity contribution in [3.63, 3.8) is 0 Å². The third kappa shape index (κ3) is 1.69. The molecular formula is C12H13NO4. The summed E-state index contributed by atoms with van der Waals surface area (Å²) < 4.78 is 16.4.